The molecular formula is C7H10N2O2. The molecule has 1 aliphatic rings. The lowest BCUT2D eigenvalue weighted by molar-refractivity contribution is -0.127. The molecule has 0 saturated carbocycles. The maximum absolute atomic E-state index is 11.0. The number of amides is 1. The highest BCUT2D eigenvalue weighted by atomic mass is 16.6. The van der Waals surface area contributed by atoms with Crippen molar-refractivity contribution in [1.82, 2.24) is 10.8 Å². The summed E-state index contributed by atoms with van der Waals surface area (Å²) in [6.45, 7) is 0.547. The van der Waals surface area contributed by atoms with Crippen LogP contribution >= 0.6 is 0 Å². The van der Waals surface area contributed by atoms with E-state index in [0.29, 0.717) is 12.1 Å². The van der Waals surface area contributed by atoms with E-state index in [9.17, 15) is 4.79 Å². The summed E-state index contributed by atoms with van der Waals surface area (Å²) < 4.78 is 0. The summed E-state index contributed by atoms with van der Waals surface area (Å²) in [6.07, 6.45) is 5.29. The van der Waals surface area contributed by atoms with Crippen LogP contribution in [0.25, 0.3) is 0 Å². The van der Waals surface area contributed by atoms with Gasteiger partial charge in [0.15, 0.2) is 0 Å². The second-order valence-electron chi connectivity index (χ2n) is 2.07. The molecule has 0 radical (unpaired) electrons. The fourth-order valence-corrected chi connectivity index (χ4v) is 0.774. The lowest BCUT2D eigenvalue weighted by atomic mass is 10.2. The van der Waals surface area contributed by atoms with Crippen LogP contribution < -0.4 is 10.8 Å². The molecule has 4 heteroatoms. The summed E-state index contributed by atoms with van der Waals surface area (Å²) >= 11 is 0. The first-order valence-corrected chi connectivity index (χ1v) is 3.27. The Bertz CT molecular complexity index is 208. The Balaban J connectivity index is 2.52. The van der Waals surface area contributed by atoms with Crippen molar-refractivity contribution >= 4 is 5.91 Å². The molecule has 1 amide bonds. The lowest BCUT2D eigenvalue weighted by Crippen LogP contribution is -2.29. The zero-order valence-corrected chi connectivity index (χ0v) is 6.26. The van der Waals surface area contributed by atoms with Gasteiger partial charge in [0.1, 0.15) is 0 Å². The first-order valence-electron chi connectivity index (χ1n) is 3.27. The molecule has 0 unspecified atom stereocenters. The van der Waals surface area contributed by atoms with E-state index in [1.165, 1.54) is 7.11 Å². The van der Waals surface area contributed by atoms with E-state index in [2.05, 4.69) is 15.6 Å². The SMILES string of the molecule is CONC(=O)C1=CC=CNC1. The standard InChI is InChI=1S/C7H10N2O2/c1-11-9-7(10)6-3-2-4-8-5-6/h2-4,8H,5H2,1H3,(H,9,10). The summed E-state index contributed by atoms with van der Waals surface area (Å²) in [5, 5.41) is 2.91. The monoisotopic (exact) mass is 154 g/mol. The molecule has 2 N–H and O–H groups in total. The maximum atomic E-state index is 11.0. The second kappa shape index (κ2) is 3.78. The van der Waals surface area contributed by atoms with Crippen molar-refractivity contribution in [2.75, 3.05) is 13.7 Å². The number of hydrogen-bond acceptors (Lipinski definition) is 3. The Kier molecular flexibility index (Phi) is 2.68. The largest absolute Gasteiger partial charge is 0.387 e. The zero-order valence-electron chi connectivity index (χ0n) is 6.26. The minimum atomic E-state index is -0.204. The Morgan fingerprint density at radius 3 is 3.18 bits per heavy atom. The molecular weight excluding hydrogens is 144 g/mol. The van der Waals surface area contributed by atoms with Crippen molar-refractivity contribution in [2.24, 2.45) is 0 Å². The Morgan fingerprint density at radius 1 is 1.82 bits per heavy atom. The zero-order chi connectivity index (χ0) is 8.10. The molecule has 0 fully saturated rings. The summed E-state index contributed by atoms with van der Waals surface area (Å²) in [4.78, 5) is 15.5. The highest BCUT2D eigenvalue weighted by molar-refractivity contribution is 5.93. The van der Waals surface area contributed by atoms with Gasteiger partial charge in [0, 0.05) is 12.1 Å². The summed E-state index contributed by atoms with van der Waals surface area (Å²) in [7, 11) is 1.41. The van der Waals surface area contributed by atoms with Gasteiger partial charge < -0.3 is 5.32 Å². The van der Waals surface area contributed by atoms with Gasteiger partial charge in [-0.2, -0.15) is 0 Å². The molecule has 0 aromatic heterocycles. The lowest BCUT2D eigenvalue weighted by Gasteiger charge is -2.09. The average Bonchev–Trinajstić information content (AvgIpc) is 2.07. The average molecular weight is 154 g/mol. The van der Waals surface area contributed by atoms with Crippen molar-refractivity contribution in [3.63, 3.8) is 0 Å². The molecule has 0 aromatic rings. The van der Waals surface area contributed by atoms with Crippen LogP contribution in [0.5, 0.6) is 0 Å². The summed E-state index contributed by atoms with van der Waals surface area (Å²) in [5.74, 6) is -0.204. The molecule has 60 valence electrons. The highest BCUT2D eigenvalue weighted by Crippen LogP contribution is 1.97. The van der Waals surface area contributed by atoms with Gasteiger partial charge in [-0.3, -0.25) is 9.63 Å². The minimum absolute atomic E-state index is 0.204. The van der Waals surface area contributed by atoms with Crippen molar-refractivity contribution in [2.45, 2.75) is 0 Å². The second-order valence-corrected chi connectivity index (χ2v) is 2.07. The van der Waals surface area contributed by atoms with Crippen LogP contribution in [0.2, 0.25) is 0 Å². The van der Waals surface area contributed by atoms with Gasteiger partial charge in [-0.15, -0.1) is 0 Å². The molecule has 1 heterocycles. The third kappa shape index (κ3) is 2.09. The van der Waals surface area contributed by atoms with Gasteiger partial charge in [-0.1, -0.05) is 6.08 Å². The van der Waals surface area contributed by atoms with Gasteiger partial charge in [0.2, 0.25) is 0 Å². The number of hydroxylamine groups is 1. The van der Waals surface area contributed by atoms with Crippen LogP contribution in [0.3, 0.4) is 0 Å². The van der Waals surface area contributed by atoms with Crippen LogP contribution in [0.4, 0.5) is 0 Å². The van der Waals surface area contributed by atoms with E-state index in [-0.39, 0.29) is 5.91 Å². The van der Waals surface area contributed by atoms with Crippen LogP contribution in [-0.4, -0.2) is 19.6 Å². The number of dihydropyridines is 1. The molecule has 11 heavy (non-hydrogen) atoms. The normalized spacial score (nSPS) is 15.2. The predicted molar refractivity (Wildman–Crippen MR) is 40.4 cm³/mol. The first-order chi connectivity index (χ1) is 5.34. The fraction of sp³-hybridized carbons (Fsp3) is 0.286. The molecule has 1 rings (SSSR count). The number of nitrogens with one attached hydrogen (secondary N) is 2. The number of carbonyl (C=O) groups excluding carboxylic acids is 1. The van der Waals surface area contributed by atoms with Crippen LogP contribution in [0, 0.1) is 0 Å². The van der Waals surface area contributed by atoms with Crippen molar-refractivity contribution in [3.8, 4) is 0 Å². The Hall–Kier alpha value is -1.29. The van der Waals surface area contributed by atoms with Crippen LogP contribution in [-0.2, 0) is 9.63 Å². The summed E-state index contributed by atoms with van der Waals surface area (Å²) in [5.41, 5.74) is 2.90. The van der Waals surface area contributed by atoms with E-state index in [0.717, 1.165) is 0 Å². The van der Waals surface area contributed by atoms with Gasteiger partial charge in [-0.25, -0.2) is 5.48 Å². The van der Waals surface area contributed by atoms with E-state index in [4.69, 9.17) is 0 Å². The molecule has 0 aromatic carbocycles. The van der Waals surface area contributed by atoms with E-state index in [1.807, 2.05) is 0 Å². The molecule has 0 aliphatic carbocycles. The molecule has 0 bridgehead atoms. The van der Waals surface area contributed by atoms with Gasteiger partial charge in [0.05, 0.1) is 7.11 Å². The molecule has 1 aliphatic heterocycles. The third-order valence-electron chi connectivity index (χ3n) is 1.29. The predicted octanol–water partition coefficient (Wildman–Crippen LogP) is -0.293. The van der Waals surface area contributed by atoms with E-state index >= 15 is 0 Å². The van der Waals surface area contributed by atoms with Crippen molar-refractivity contribution < 1.29 is 9.63 Å². The Morgan fingerprint density at radius 2 is 2.64 bits per heavy atom. The molecule has 0 saturated heterocycles. The van der Waals surface area contributed by atoms with Crippen LogP contribution in [0.15, 0.2) is 23.9 Å². The quantitative estimate of drug-likeness (QED) is 0.537. The smallest absolute Gasteiger partial charge is 0.272 e. The number of hydrogen-bond donors (Lipinski definition) is 2. The number of rotatable bonds is 2. The molecule has 0 atom stereocenters. The van der Waals surface area contributed by atoms with E-state index < -0.39 is 0 Å². The van der Waals surface area contributed by atoms with Gasteiger partial charge in [0.25, 0.3) is 5.91 Å². The van der Waals surface area contributed by atoms with Crippen LogP contribution in [0.1, 0.15) is 0 Å². The first kappa shape index (κ1) is 7.81. The highest BCUT2D eigenvalue weighted by Gasteiger charge is 2.07. The van der Waals surface area contributed by atoms with Gasteiger partial charge >= 0.3 is 0 Å². The third-order valence-corrected chi connectivity index (χ3v) is 1.29. The molecule has 4 nitrogen and oxygen atoms in total. The maximum Gasteiger partial charge on any atom is 0.272 e. The minimum Gasteiger partial charge on any atom is -0.387 e. The topological polar surface area (TPSA) is 50.4 Å². The van der Waals surface area contributed by atoms with Crippen molar-refractivity contribution in [3.05, 3.63) is 23.9 Å². The number of carbonyl (C=O) groups is 1. The van der Waals surface area contributed by atoms with Gasteiger partial charge in [-0.05, 0) is 12.3 Å². The fourth-order valence-electron chi connectivity index (χ4n) is 0.774. The summed E-state index contributed by atoms with van der Waals surface area (Å²) in [6, 6.07) is 0. The number of allylic oxidation sites excluding steroid dienone is 2. The van der Waals surface area contributed by atoms with Crippen molar-refractivity contribution in [1.29, 1.82) is 0 Å². The van der Waals surface area contributed by atoms with E-state index in [1.54, 1.807) is 18.4 Å². The molecule has 0 spiro atoms. The Labute approximate surface area is 64.9 Å².